The number of hydrogen-bond donors (Lipinski definition) is 0. The predicted octanol–water partition coefficient (Wildman–Crippen LogP) is 8.01. The Labute approximate surface area is 207 Å². The van der Waals surface area contributed by atoms with Crippen molar-refractivity contribution >= 4 is 8.24 Å². The summed E-state index contributed by atoms with van der Waals surface area (Å²) in [6, 6.07) is 0.705. The van der Waals surface area contributed by atoms with Gasteiger partial charge in [0, 0.05) is 24.7 Å². The largest absolute Gasteiger partial charge is 4.00 e. The Morgan fingerprint density at radius 2 is 1.50 bits per heavy atom. The normalized spacial score (nSPS) is 33.1. The van der Waals surface area contributed by atoms with Gasteiger partial charge < -0.3 is 32.2 Å². The van der Waals surface area contributed by atoms with Gasteiger partial charge in [-0.1, -0.05) is 68.9 Å². The molecule has 2 nitrogen and oxygen atoms in total. The second-order valence-electron chi connectivity index (χ2n) is 12.2. The molecule has 2 fully saturated rings. The first kappa shape index (κ1) is 32.6. The molecule has 1 aliphatic heterocycles. The van der Waals surface area contributed by atoms with Crippen LogP contribution in [-0.4, -0.2) is 31.8 Å². The predicted molar refractivity (Wildman–Crippen MR) is 136 cm³/mol. The Balaban J connectivity index is 0. The van der Waals surface area contributed by atoms with E-state index in [-0.39, 0.29) is 49.5 Å². The summed E-state index contributed by atoms with van der Waals surface area (Å²) in [6.45, 7) is 21.7. The molecule has 2 aliphatic carbocycles. The maximum Gasteiger partial charge on any atom is 4.00 e. The minimum atomic E-state index is -1.71. The minimum Gasteiger partial charge on any atom is -0.660 e. The van der Waals surface area contributed by atoms with Gasteiger partial charge in [0.05, 0.1) is 0 Å². The third-order valence-corrected chi connectivity index (χ3v) is 11.4. The molecule has 3 rings (SSSR count). The van der Waals surface area contributed by atoms with E-state index in [0.717, 1.165) is 29.2 Å². The van der Waals surface area contributed by atoms with Crippen molar-refractivity contribution in [3.05, 3.63) is 39.0 Å². The number of rotatable bonds is 2. The first-order valence-corrected chi connectivity index (χ1v) is 13.9. The maximum absolute atomic E-state index is 5.51. The molecule has 0 radical (unpaired) electrons. The summed E-state index contributed by atoms with van der Waals surface area (Å²) in [7, 11) is 0.641. The molecule has 6 atom stereocenters. The van der Waals surface area contributed by atoms with Gasteiger partial charge in [0.2, 0.25) is 0 Å². The van der Waals surface area contributed by atoms with Crippen LogP contribution in [0.1, 0.15) is 67.7 Å². The molecular formula is C26H52N2SiTi. The molecule has 6 unspecified atom stereocenters. The molecular weight excluding hydrogens is 416 g/mol. The van der Waals surface area contributed by atoms with E-state index in [9.17, 15) is 0 Å². The number of nitrogens with zero attached hydrogens (tertiary/aromatic N) is 2. The van der Waals surface area contributed by atoms with E-state index in [4.69, 9.17) is 4.98 Å². The third-order valence-electron chi connectivity index (χ3n) is 7.77. The van der Waals surface area contributed by atoms with Crippen molar-refractivity contribution in [3.8, 4) is 0 Å². The fraction of sp³-hybridized carbons (Fsp3) is 0.808. The van der Waals surface area contributed by atoms with Crippen LogP contribution in [0, 0.1) is 51.4 Å². The zero-order valence-corrected chi connectivity index (χ0v) is 25.1. The van der Waals surface area contributed by atoms with Crippen LogP contribution in [0.15, 0.2) is 11.8 Å². The van der Waals surface area contributed by atoms with Crippen LogP contribution in [0.4, 0.5) is 0 Å². The minimum absolute atomic E-state index is 0. The molecule has 3 aliphatic rings. The summed E-state index contributed by atoms with van der Waals surface area (Å²) >= 11 is 0. The van der Waals surface area contributed by atoms with Crippen molar-refractivity contribution in [2.45, 2.75) is 97.9 Å². The number of allylic oxidation sites excluding steroid dienone is 1. The van der Waals surface area contributed by atoms with Crippen LogP contribution in [0.25, 0.3) is 4.98 Å². The summed E-state index contributed by atoms with van der Waals surface area (Å²) < 4.78 is 0. The average Bonchev–Trinajstić information content (AvgIpc) is 2.90. The zero-order chi connectivity index (χ0) is 19.7. The van der Waals surface area contributed by atoms with E-state index >= 15 is 0 Å². The van der Waals surface area contributed by atoms with Crippen LogP contribution in [-0.2, 0) is 21.7 Å². The average molecular weight is 469 g/mol. The zero-order valence-electron chi connectivity index (χ0n) is 22.6. The molecule has 0 aromatic rings. The number of fused-ring (bicyclic) bond motifs is 3. The molecule has 4 heteroatoms. The Morgan fingerprint density at radius 1 is 0.967 bits per heavy atom. The molecule has 0 N–H and O–H groups in total. The Hall–Kier alpha value is 0.431. The Bertz CT molecular complexity index is 573. The standard InChI is InChI=1S/C23H43N2Si.3CH3.Ti/c1-15-13-18-17-12-11-16(22(2,3)4)14-19(17)21(20(18)25(15)8)26(9,10)24-23(5,6)7;;;;/h13,16-21H,11-12,14H2,1-10H3;3*1H3;/q4*-1;+4. The van der Waals surface area contributed by atoms with Crippen molar-refractivity contribution in [1.82, 2.24) is 4.90 Å². The molecule has 0 spiro atoms. The number of hydrogen-bond acceptors (Lipinski definition) is 1. The second kappa shape index (κ2) is 10.6. The van der Waals surface area contributed by atoms with Gasteiger partial charge in [0.25, 0.3) is 0 Å². The molecule has 30 heavy (non-hydrogen) atoms. The molecule has 0 bridgehead atoms. The summed E-state index contributed by atoms with van der Waals surface area (Å²) in [5.74, 6) is 3.42. The van der Waals surface area contributed by atoms with E-state index in [1.165, 1.54) is 25.0 Å². The van der Waals surface area contributed by atoms with E-state index in [1.54, 1.807) is 0 Å². The molecule has 0 amide bonds. The Kier molecular flexibility index (Phi) is 11.5. The van der Waals surface area contributed by atoms with Crippen molar-refractivity contribution in [1.29, 1.82) is 0 Å². The summed E-state index contributed by atoms with van der Waals surface area (Å²) in [6.07, 6.45) is 6.92. The van der Waals surface area contributed by atoms with Crippen molar-refractivity contribution < 1.29 is 21.7 Å². The first-order chi connectivity index (χ1) is 11.7. The second-order valence-corrected chi connectivity index (χ2v) is 16.4. The molecule has 0 aromatic heterocycles. The van der Waals surface area contributed by atoms with Gasteiger partial charge in [-0.05, 0) is 54.9 Å². The van der Waals surface area contributed by atoms with Crippen molar-refractivity contribution in [2.24, 2.45) is 29.1 Å². The monoisotopic (exact) mass is 468 g/mol. The van der Waals surface area contributed by atoms with E-state index < -0.39 is 8.24 Å². The molecule has 0 saturated heterocycles. The van der Waals surface area contributed by atoms with Gasteiger partial charge in [-0.15, -0.1) is 5.54 Å². The molecule has 174 valence electrons. The van der Waals surface area contributed by atoms with Crippen LogP contribution in [0.3, 0.4) is 0 Å². The smallest absolute Gasteiger partial charge is 0.660 e. The van der Waals surface area contributed by atoms with Gasteiger partial charge in [0.15, 0.2) is 0 Å². The van der Waals surface area contributed by atoms with Crippen LogP contribution >= 0.6 is 0 Å². The van der Waals surface area contributed by atoms with Crippen LogP contribution < -0.4 is 0 Å². The molecule has 1 heterocycles. The van der Waals surface area contributed by atoms with E-state index in [0.29, 0.717) is 11.5 Å². The summed E-state index contributed by atoms with van der Waals surface area (Å²) in [4.78, 5) is 8.14. The van der Waals surface area contributed by atoms with Crippen LogP contribution in [0.5, 0.6) is 0 Å². The topological polar surface area (TPSA) is 17.3 Å². The Morgan fingerprint density at radius 3 is 1.97 bits per heavy atom. The van der Waals surface area contributed by atoms with Crippen molar-refractivity contribution in [2.75, 3.05) is 7.05 Å². The van der Waals surface area contributed by atoms with Gasteiger partial charge in [-0.3, -0.25) is 0 Å². The fourth-order valence-corrected chi connectivity index (χ4v) is 11.5. The van der Waals surface area contributed by atoms with Gasteiger partial charge in [-0.2, -0.15) is 0 Å². The van der Waals surface area contributed by atoms with Crippen LogP contribution in [0.2, 0.25) is 18.6 Å². The summed E-state index contributed by atoms with van der Waals surface area (Å²) in [5.41, 5.74) is 2.82. The fourth-order valence-electron chi connectivity index (χ4n) is 6.89. The third kappa shape index (κ3) is 6.06. The maximum atomic E-state index is 5.51. The molecule has 0 aromatic carbocycles. The molecule has 2 saturated carbocycles. The van der Waals surface area contributed by atoms with Gasteiger partial charge in [0.1, 0.15) is 0 Å². The quantitative estimate of drug-likeness (QED) is 0.296. The van der Waals surface area contributed by atoms with Crippen molar-refractivity contribution in [3.63, 3.8) is 0 Å². The van der Waals surface area contributed by atoms with Gasteiger partial charge in [-0.25, -0.2) is 0 Å². The first-order valence-electron chi connectivity index (χ1n) is 10.9. The SMILES string of the molecule is CC1=CC2C3CCC(C(C)(C)C)CC3C([Si](C)(C)[N-]C(C)(C)C)C2N1C.[CH3-].[CH3-].[CH3-].[Ti+4]. The van der Waals surface area contributed by atoms with E-state index in [2.05, 4.69) is 79.6 Å². The summed E-state index contributed by atoms with van der Waals surface area (Å²) in [5, 5.41) is 0. The van der Waals surface area contributed by atoms with Gasteiger partial charge >= 0.3 is 21.7 Å². The van der Waals surface area contributed by atoms with E-state index in [1.807, 2.05) is 0 Å².